The van der Waals surface area contributed by atoms with Crippen molar-refractivity contribution in [1.82, 2.24) is 4.90 Å². The van der Waals surface area contributed by atoms with E-state index in [-0.39, 0.29) is 11.3 Å². The van der Waals surface area contributed by atoms with E-state index in [0.717, 1.165) is 79.3 Å². The molecule has 0 atom stereocenters. The molecule has 0 bridgehead atoms. The van der Waals surface area contributed by atoms with Crippen LogP contribution < -0.4 is 16.0 Å². The number of allylic oxidation sites excluding steroid dienone is 1. The highest BCUT2D eigenvalue weighted by atomic mass is 16.2. The minimum Gasteiger partial charge on any atom is -0.405 e. The maximum atomic E-state index is 13.1. The van der Waals surface area contributed by atoms with Crippen LogP contribution in [0, 0.1) is 5.41 Å². The molecular weight excluding hydrogens is 398 g/mol. The van der Waals surface area contributed by atoms with Gasteiger partial charge in [-0.15, -0.1) is 0 Å². The second-order valence-corrected chi connectivity index (χ2v) is 10.0. The zero-order valence-electron chi connectivity index (χ0n) is 18.5. The molecule has 2 saturated heterocycles. The monoisotopic (exact) mass is 427 g/mol. The summed E-state index contributed by atoms with van der Waals surface area (Å²) < 4.78 is 0. The maximum absolute atomic E-state index is 13.1. The Balaban J connectivity index is 1.45. The van der Waals surface area contributed by atoms with Crippen LogP contribution in [0.1, 0.15) is 30.4 Å². The fraction of sp³-hybridized carbons (Fsp3) is 0.385. The number of hydrogen-bond acceptors (Lipinski definition) is 5. The van der Waals surface area contributed by atoms with Crippen LogP contribution in [0.4, 0.5) is 17.1 Å². The molecular formula is C26H29N5O. The van der Waals surface area contributed by atoms with Gasteiger partial charge in [0.1, 0.15) is 0 Å². The standard InChI is InChI=1S/C26H29N5O/c1-30-14-25(15-30)16-31(17-25)22-13-18(21(8-11-27)28-19-6-3-2-4-7-19)12-20-23(22)29-24(32)26(20)9-5-10-26/h2-4,6-8,11-13H,5,9-10,14-17,27H2,1H3,(H,29,32). The number of nitrogens with one attached hydrogen (secondary N) is 1. The van der Waals surface area contributed by atoms with E-state index in [1.807, 2.05) is 36.4 Å². The lowest BCUT2D eigenvalue weighted by Gasteiger charge is -2.60. The average molecular weight is 428 g/mol. The van der Waals surface area contributed by atoms with Gasteiger partial charge in [0.05, 0.1) is 28.2 Å². The number of hydrogen-bond donors (Lipinski definition) is 2. The summed E-state index contributed by atoms with van der Waals surface area (Å²) in [4.78, 5) is 22.7. The van der Waals surface area contributed by atoms with Crippen molar-refractivity contribution < 1.29 is 4.79 Å². The summed E-state index contributed by atoms with van der Waals surface area (Å²) in [5.74, 6) is 0.159. The first-order chi connectivity index (χ1) is 15.5. The number of aliphatic imine (C=N–C) groups is 1. The van der Waals surface area contributed by atoms with Gasteiger partial charge < -0.3 is 20.9 Å². The van der Waals surface area contributed by atoms with Crippen LogP contribution in [-0.2, 0) is 10.2 Å². The summed E-state index contributed by atoms with van der Waals surface area (Å²) in [5.41, 5.74) is 11.8. The molecule has 2 aromatic carbocycles. The lowest BCUT2D eigenvalue weighted by Crippen LogP contribution is -2.71. The lowest BCUT2D eigenvalue weighted by atomic mass is 9.64. The third kappa shape index (κ3) is 2.82. The zero-order valence-corrected chi connectivity index (χ0v) is 18.5. The first kappa shape index (κ1) is 19.6. The highest BCUT2D eigenvalue weighted by Crippen LogP contribution is 2.55. The van der Waals surface area contributed by atoms with Crippen molar-refractivity contribution in [3.8, 4) is 0 Å². The molecule has 1 aliphatic carbocycles. The fourth-order valence-electron chi connectivity index (χ4n) is 6.08. The van der Waals surface area contributed by atoms with Gasteiger partial charge in [0, 0.05) is 37.2 Å². The topological polar surface area (TPSA) is 74.0 Å². The van der Waals surface area contributed by atoms with E-state index in [1.54, 1.807) is 6.20 Å². The van der Waals surface area contributed by atoms with Crippen molar-refractivity contribution in [2.24, 2.45) is 16.1 Å². The highest BCUT2D eigenvalue weighted by Gasteiger charge is 2.54. The number of nitrogens with two attached hydrogens (primary N) is 1. The number of amides is 1. The number of para-hydroxylation sites is 1. The number of carbonyl (C=O) groups is 1. The minimum absolute atomic E-state index is 0.159. The SMILES string of the molecule is CN1CC2(C1)CN(c1cc(C(C=CN)=Nc3ccccc3)cc3c1NC(=O)C31CCC1)C2. The molecule has 32 heavy (non-hydrogen) atoms. The fourth-order valence-corrected chi connectivity index (χ4v) is 6.08. The molecule has 2 aromatic rings. The molecule has 0 radical (unpaired) electrons. The minimum atomic E-state index is -0.371. The smallest absolute Gasteiger partial charge is 0.235 e. The Bertz CT molecular complexity index is 1130. The van der Waals surface area contributed by atoms with Crippen molar-refractivity contribution in [3.05, 3.63) is 65.9 Å². The molecule has 6 nitrogen and oxygen atoms in total. The van der Waals surface area contributed by atoms with Crippen LogP contribution in [0.2, 0.25) is 0 Å². The highest BCUT2D eigenvalue weighted by molar-refractivity contribution is 6.15. The van der Waals surface area contributed by atoms with Gasteiger partial charge in [0.25, 0.3) is 0 Å². The summed E-state index contributed by atoms with van der Waals surface area (Å²) in [6.07, 6.45) is 6.33. The van der Waals surface area contributed by atoms with Crippen LogP contribution in [0.5, 0.6) is 0 Å². The quantitative estimate of drug-likeness (QED) is 0.734. The summed E-state index contributed by atoms with van der Waals surface area (Å²) >= 11 is 0. The van der Waals surface area contributed by atoms with Crippen LogP contribution in [0.15, 0.2) is 59.7 Å². The maximum Gasteiger partial charge on any atom is 0.235 e. The lowest BCUT2D eigenvalue weighted by molar-refractivity contribution is -0.123. The molecule has 1 saturated carbocycles. The Morgan fingerprint density at radius 3 is 2.50 bits per heavy atom. The third-order valence-electron chi connectivity index (χ3n) is 7.67. The Hall–Kier alpha value is -3.12. The number of carbonyl (C=O) groups excluding carboxylic acids is 1. The van der Waals surface area contributed by atoms with Crippen LogP contribution in [0.3, 0.4) is 0 Å². The molecule has 1 amide bonds. The summed E-state index contributed by atoms with van der Waals surface area (Å²) in [7, 11) is 2.18. The summed E-state index contributed by atoms with van der Waals surface area (Å²) in [5, 5.41) is 3.25. The Labute approximate surface area is 188 Å². The molecule has 3 fully saturated rings. The predicted molar refractivity (Wildman–Crippen MR) is 129 cm³/mol. The van der Waals surface area contributed by atoms with Gasteiger partial charge in [-0.3, -0.25) is 4.79 Å². The number of nitrogens with zero attached hydrogens (tertiary/aromatic N) is 3. The number of rotatable bonds is 4. The Morgan fingerprint density at radius 1 is 1.12 bits per heavy atom. The van der Waals surface area contributed by atoms with Gasteiger partial charge in [0.2, 0.25) is 5.91 Å². The van der Waals surface area contributed by atoms with E-state index < -0.39 is 0 Å². The van der Waals surface area contributed by atoms with E-state index in [1.165, 1.54) is 0 Å². The molecule has 164 valence electrons. The second kappa shape index (κ2) is 6.94. The number of benzene rings is 2. The molecule has 0 unspecified atom stereocenters. The largest absolute Gasteiger partial charge is 0.405 e. The Kier molecular flexibility index (Phi) is 4.24. The molecule has 6 heteroatoms. The normalized spacial score (nSPS) is 23.1. The molecule has 4 aliphatic rings. The molecule has 3 aliphatic heterocycles. The van der Waals surface area contributed by atoms with Gasteiger partial charge in [-0.25, -0.2) is 4.99 Å². The predicted octanol–water partition coefficient (Wildman–Crippen LogP) is 3.41. The Morgan fingerprint density at radius 2 is 1.88 bits per heavy atom. The van der Waals surface area contributed by atoms with E-state index in [9.17, 15) is 4.79 Å². The molecule has 3 heterocycles. The number of likely N-dealkylation sites (tertiary alicyclic amines) is 1. The van der Waals surface area contributed by atoms with Crippen LogP contribution in [-0.4, -0.2) is 49.7 Å². The molecule has 0 aromatic heterocycles. The average Bonchev–Trinajstić information content (AvgIpc) is 3.01. The zero-order chi connectivity index (χ0) is 21.9. The summed E-state index contributed by atoms with van der Waals surface area (Å²) in [6.45, 7) is 4.37. The van der Waals surface area contributed by atoms with Crippen molar-refractivity contribution in [2.45, 2.75) is 24.7 Å². The molecule has 6 rings (SSSR count). The first-order valence-corrected chi connectivity index (χ1v) is 11.5. The van der Waals surface area contributed by atoms with Crippen LogP contribution >= 0.6 is 0 Å². The van der Waals surface area contributed by atoms with E-state index >= 15 is 0 Å². The van der Waals surface area contributed by atoms with E-state index in [4.69, 9.17) is 10.7 Å². The second-order valence-electron chi connectivity index (χ2n) is 10.0. The number of fused-ring (bicyclic) bond motifs is 2. The van der Waals surface area contributed by atoms with Gasteiger partial charge in [0.15, 0.2) is 0 Å². The molecule has 2 spiro atoms. The molecule has 3 N–H and O–H groups in total. The third-order valence-corrected chi connectivity index (χ3v) is 7.67. The van der Waals surface area contributed by atoms with Gasteiger partial charge in [-0.05, 0) is 62.0 Å². The summed E-state index contributed by atoms with van der Waals surface area (Å²) in [6, 6.07) is 14.3. The van der Waals surface area contributed by atoms with E-state index in [2.05, 4.69) is 34.3 Å². The van der Waals surface area contributed by atoms with Gasteiger partial charge >= 0.3 is 0 Å². The van der Waals surface area contributed by atoms with Crippen molar-refractivity contribution in [1.29, 1.82) is 0 Å². The van der Waals surface area contributed by atoms with Crippen molar-refractivity contribution in [2.75, 3.05) is 43.4 Å². The van der Waals surface area contributed by atoms with Crippen molar-refractivity contribution in [3.63, 3.8) is 0 Å². The van der Waals surface area contributed by atoms with Gasteiger partial charge in [-0.2, -0.15) is 0 Å². The first-order valence-electron chi connectivity index (χ1n) is 11.5. The van der Waals surface area contributed by atoms with Crippen molar-refractivity contribution >= 4 is 28.7 Å². The van der Waals surface area contributed by atoms with Gasteiger partial charge in [-0.1, -0.05) is 24.6 Å². The van der Waals surface area contributed by atoms with E-state index in [0.29, 0.717) is 5.41 Å². The number of anilines is 2. The van der Waals surface area contributed by atoms with Crippen LogP contribution in [0.25, 0.3) is 0 Å².